The van der Waals surface area contributed by atoms with Gasteiger partial charge in [0.1, 0.15) is 0 Å². The van der Waals surface area contributed by atoms with Crippen molar-refractivity contribution in [3.8, 4) is 0 Å². The molecule has 6 atom stereocenters. The van der Waals surface area contributed by atoms with E-state index in [-0.39, 0.29) is 29.4 Å². The van der Waals surface area contributed by atoms with Crippen molar-refractivity contribution in [1.82, 2.24) is 10.3 Å². The Kier molecular flexibility index (Phi) is 6.42. The van der Waals surface area contributed by atoms with E-state index in [0.717, 1.165) is 61.4 Å². The highest BCUT2D eigenvalue weighted by Crippen LogP contribution is 2.65. The van der Waals surface area contributed by atoms with Crippen LogP contribution in [-0.2, 0) is 16.1 Å². The molecule has 6 nitrogen and oxygen atoms in total. The smallest absolute Gasteiger partial charge is 0.260 e. The average Bonchev–Trinajstić information content (AvgIpc) is 3.44. The standard InChI is InChI=1S/C31H41N3O3/c1-30-14-11-23(18-21(30)7-8-24-25-9-10-28(35)31(25,2)15-12-26(24)30)34-37-19-29(36)32-16-13-22-17-20-5-3-4-6-27(20)33-22/h3-6,17-18,24-26,28,33,35H,7-16,19H2,1-2H3,(H,32,36)/b34-23+/t24-,25-,26-,28+,30-,31-/m0/s1. The summed E-state index contributed by atoms with van der Waals surface area (Å²) in [7, 11) is 0. The van der Waals surface area contributed by atoms with Crippen molar-refractivity contribution in [2.24, 2.45) is 33.7 Å². The van der Waals surface area contributed by atoms with Gasteiger partial charge in [-0.05, 0) is 104 Å². The van der Waals surface area contributed by atoms with Gasteiger partial charge in [0.05, 0.1) is 11.8 Å². The van der Waals surface area contributed by atoms with Crippen LogP contribution < -0.4 is 5.32 Å². The number of nitrogens with zero attached hydrogens (tertiary/aromatic N) is 1. The molecule has 0 bridgehead atoms. The molecule has 198 valence electrons. The fraction of sp³-hybridized carbons (Fsp3) is 0.613. The summed E-state index contributed by atoms with van der Waals surface area (Å²) in [6, 6.07) is 10.3. The molecule has 1 heterocycles. The molecular formula is C31H41N3O3. The number of carbonyl (C=O) groups is 1. The van der Waals surface area contributed by atoms with Crippen molar-refractivity contribution in [3.63, 3.8) is 0 Å². The molecule has 37 heavy (non-hydrogen) atoms. The van der Waals surface area contributed by atoms with Crippen molar-refractivity contribution in [3.05, 3.63) is 47.7 Å². The third kappa shape index (κ3) is 4.41. The van der Waals surface area contributed by atoms with Gasteiger partial charge < -0.3 is 20.2 Å². The average molecular weight is 504 g/mol. The van der Waals surface area contributed by atoms with Gasteiger partial charge in [-0.1, -0.05) is 42.8 Å². The summed E-state index contributed by atoms with van der Waals surface area (Å²) in [6.45, 7) is 5.33. The molecule has 1 aromatic carbocycles. The van der Waals surface area contributed by atoms with Gasteiger partial charge in [0.2, 0.25) is 0 Å². The Morgan fingerprint density at radius 2 is 2.00 bits per heavy atom. The minimum atomic E-state index is -0.140. The first-order valence-electron chi connectivity index (χ1n) is 14.3. The number of aliphatic hydroxyl groups is 1. The molecular weight excluding hydrogens is 462 g/mol. The number of carbonyl (C=O) groups excluding carboxylic acids is 1. The number of benzene rings is 1. The van der Waals surface area contributed by atoms with Gasteiger partial charge in [-0.3, -0.25) is 4.79 Å². The number of aromatic amines is 1. The first-order chi connectivity index (χ1) is 17.9. The van der Waals surface area contributed by atoms with Crippen LogP contribution in [0.4, 0.5) is 0 Å². The number of para-hydroxylation sites is 1. The van der Waals surface area contributed by atoms with Crippen molar-refractivity contribution in [2.75, 3.05) is 13.2 Å². The Morgan fingerprint density at radius 3 is 2.86 bits per heavy atom. The second-order valence-corrected chi connectivity index (χ2v) is 12.5. The number of oxime groups is 1. The van der Waals surface area contributed by atoms with Crippen LogP contribution in [0.25, 0.3) is 10.9 Å². The van der Waals surface area contributed by atoms with Crippen LogP contribution in [0.3, 0.4) is 0 Å². The number of H-pyrrole nitrogens is 1. The predicted molar refractivity (Wildman–Crippen MR) is 146 cm³/mol. The molecule has 3 fully saturated rings. The molecule has 6 rings (SSSR count). The lowest BCUT2D eigenvalue weighted by atomic mass is 9.47. The van der Waals surface area contributed by atoms with Crippen LogP contribution in [0.15, 0.2) is 47.1 Å². The van der Waals surface area contributed by atoms with Gasteiger partial charge in [-0.15, -0.1) is 0 Å². The Bertz CT molecular complexity index is 1200. The molecule has 0 aliphatic heterocycles. The number of nitrogens with one attached hydrogen (secondary N) is 2. The quantitative estimate of drug-likeness (QED) is 0.454. The highest BCUT2D eigenvalue weighted by molar-refractivity contribution is 5.96. The lowest BCUT2D eigenvalue weighted by Crippen LogP contribution is -2.51. The van der Waals surface area contributed by atoms with Crippen molar-refractivity contribution in [2.45, 2.75) is 77.7 Å². The van der Waals surface area contributed by atoms with E-state index in [1.165, 1.54) is 30.2 Å². The third-order valence-electron chi connectivity index (χ3n) is 10.6. The van der Waals surface area contributed by atoms with Gasteiger partial charge in [0.25, 0.3) is 5.91 Å². The van der Waals surface area contributed by atoms with Crippen LogP contribution >= 0.6 is 0 Å². The molecule has 6 heteroatoms. The predicted octanol–water partition coefficient (Wildman–Crippen LogP) is 5.52. The zero-order chi connectivity index (χ0) is 25.6. The summed E-state index contributed by atoms with van der Waals surface area (Å²) in [5.74, 6) is 1.98. The number of aliphatic hydroxyl groups excluding tert-OH is 1. The van der Waals surface area contributed by atoms with Crippen molar-refractivity contribution >= 4 is 22.5 Å². The lowest BCUT2D eigenvalue weighted by Gasteiger charge is -2.57. The maximum absolute atomic E-state index is 12.3. The van der Waals surface area contributed by atoms with Gasteiger partial charge in [-0.2, -0.15) is 0 Å². The highest BCUT2D eigenvalue weighted by atomic mass is 16.6. The molecule has 0 unspecified atom stereocenters. The Balaban J connectivity index is 1.01. The molecule has 1 amide bonds. The molecule has 1 aromatic heterocycles. The Morgan fingerprint density at radius 1 is 1.14 bits per heavy atom. The maximum atomic E-state index is 12.3. The molecule has 3 N–H and O–H groups in total. The molecule has 4 aliphatic carbocycles. The number of amides is 1. The van der Waals surface area contributed by atoms with Crippen LogP contribution in [-0.4, -0.2) is 41.0 Å². The fourth-order valence-electron chi connectivity index (χ4n) is 8.45. The molecule has 0 spiro atoms. The van der Waals surface area contributed by atoms with E-state index in [2.05, 4.69) is 53.6 Å². The van der Waals surface area contributed by atoms with Gasteiger partial charge >= 0.3 is 0 Å². The first kappa shape index (κ1) is 24.7. The number of rotatable bonds is 6. The number of fused-ring (bicyclic) bond motifs is 6. The van der Waals surface area contributed by atoms with Gasteiger partial charge in [-0.25, -0.2) is 0 Å². The Hall–Kier alpha value is -2.60. The van der Waals surface area contributed by atoms with E-state index in [0.29, 0.717) is 18.4 Å². The van der Waals surface area contributed by atoms with Crippen molar-refractivity contribution in [1.29, 1.82) is 0 Å². The summed E-state index contributed by atoms with van der Waals surface area (Å²) >= 11 is 0. The molecule has 0 radical (unpaired) electrons. The molecule has 0 saturated heterocycles. The highest BCUT2D eigenvalue weighted by Gasteiger charge is 2.58. The topological polar surface area (TPSA) is 86.7 Å². The van der Waals surface area contributed by atoms with E-state index in [1.807, 2.05) is 12.1 Å². The van der Waals surface area contributed by atoms with Gasteiger partial charge in [0.15, 0.2) is 6.61 Å². The lowest BCUT2D eigenvalue weighted by molar-refractivity contribution is -0.125. The zero-order valence-electron chi connectivity index (χ0n) is 22.3. The summed E-state index contributed by atoms with van der Waals surface area (Å²) in [6.07, 6.45) is 11.8. The number of hydrogen-bond donors (Lipinski definition) is 3. The largest absolute Gasteiger partial charge is 0.393 e. The fourth-order valence-corrected chi connectivity index (χ4v) is 8.45. The van der Waals surface area contributed by atoms with E-state index in [9.17, 15) is 9.90 Å². The summed E-state index contributed by atoms with van der Waals surface area (Å²) in [5, 5.41) is 19.2. The molecule has 3 saturated carbocycles. The minimum absolute atomic E-state index is 0.0517. The van der Waals surface area contributed by atoms with Crippen molar-refractivity contribution < 1.29 is 14.7 Å². The number of hydrogen-bond acceptors (Lipinski definition) is 4. The van der Waals surface area contributed by atoms with Gasteiger partial charge in [0, 0.05) is 24.2 Å². The van der Waals surface area contributed by atoms with Crippen LogP contribution in [0.5, 0.6) is 0 Å². The number of aromatic nitrogens is 1. The normalized spacial score (nSPS) is 36.0. The van der Waals surface area contributed by atoms with E-state index in [4.69, 9.17) is 4.84 Å². The Labute approximate surface area is 219 Å². The summed E-state index contributed by atoms with van der Waals surface area (Å²) in [5.41, 5.74) is 5.08. The second-order valence-electron chi connectivity index (χ2n) is 12.5. The molecule has 4 aliphatic rings. The van der Waals surface area contributed by atoms with E-state index >= 15 is 0 Å². The summed E-state index contributed by atoms with van der Waals surface area (Å²) in [4.78, 5) is 21.1. The van der Waals surface area contributed by atoms with Crippen LogP contribution in [0.2, 0.25) is 0 Å². The number of allylic oxidation sites excluding steroid dienone is 2. The monoisotopic (exact) mass is 503 g/mol. The third-order valence-corrected chi connectivity index (χ3v) is 10.6. The minimum Gasteiger partial charge on any atom is -0.393 e. The first-order valence-corrected chi connectivity index (χ1v) is 14.3. The van der Waals surface area contributed by atoms with E-state index in [1.54, 1.807) is 0 Å². The van der Waals surface area contributed by atoms with E-state index < -0.39 is 0 Å². The zero-order valence-corrected chi connectivity index (χ0v) is 22.3. The summed E-state index contributed by atoms with van der Waals surface area (Å²) < 4.78 is 0. The second kappa shape index (κ2) is 9.61. The maximum Gasteiger partial charge on any atom is 0.260 e. The van der Waals surface area contributed by atoms with Crippen LogP contribution in [0.1, 0.15) is 70.9 Å². The molecule has 2 aromatic rings. The SMILES string of the molecule is C[C@]12CC[C@H]3[C@@H](CCC4=C/C(=N/OCC(=O)NCCc5cc6ccccc6[nH]5)CC[C@@]43C)[C@@H]1CC[C@H]2O. The van der Waals surface area contributed by atoms with Crippen LogP contribution in [0, 0.1) is 28.6 Å².